The number of anilines is 1. The predicted molar refractivity (Wildman–Crippen MR) is 134 cm³/mol. The molecule has 4 nitrogen and oxygen atoms in total. The second-order valence-corrected chi connectivity index (χ2v) is 12.0. The molecule has 0 saturated heterocycles. The van der Waals surface area contributed by atoms with Crippen LogP contribution in [-0.4, -0.2) is 12.0 Å². The van der Waals surface area contributed by atoms with Crippen molar-refractivity contribution in [1.82, 2.24) is 0 Å². The van der Waals surface area contributed by atoms with Crippen LogP contribution in [0.3, 0.4) is 0 Å². The van der Waals surface area contributed by atoms with E-state index in [1.54, 1.807) is 23.1 Å². The Balaban J connectivity index is 2.03. The third-order valence-corrected chi connectivity index (χ3v) is 8.76. The molecular formula is C25H26ClN3OS2. The van der Waals surface area contributed by atoms with Gasteiger partial charge in [0.2, 0.25) is 0 Å². The topological polar surface area (TPSA) is 70.1 Å². The lowest BCUT2D eigenvalue weighted by Gasteiger charge is -2.43. The Kier molecular flexibility index (Phi) is 5.96. The highest BCUT2D eigenvalue weighted by molar-refractivity contribution is 8.00. The first-order valence-corrected chi connectivity index (χ1v) is 12.9. The summed E-state index contributed by atoms with van der Waals surface area (Å²) in [7, 11) is 0. The third kappa shape index (κ3) is 3.77. The third-order valence-electron chi connectivity index (χ3n) is 6.14. The average molecular weight is 484 g/mol. The van der Waals surface area contributed by atoms with Crippen LogP contribution in [0.5, 0.6) is 0 Å². The molecule has 2 aliphatic rings. The van der Waals surface area contributed by atoms with E-state index in [9.17, 15) is 10.1 Å². The van der Waals surface area contributed by atoms with Crippen LogP contribution in [0.15, 0.2) is 51.1 Å². The van der Waals surface area contributed by atoms with Crippen molar-refractivity contribution in [2.75, 3.05) is 11.2 Å². The molecular weight excluding hydrogens is 458 g/mol. The number of nitriles is 1. The minimum absolute atomic E-state index is 0.0839. The number of carbonyl (C=O) groups is 1. The van der Waals surface area contributed by atoms with Crippen LogP contribution in [0.1, 0.15) is 48.6 Å². The first-order chi connectivity index (χ1) is 15.1. The fraction of sp³-hybridized carbons (Fsp3) is 0.360. The number of hydrogen-bond acceptors (Lipinski definition) is 6. The molecule has 166 valence electrons. The Hall–Kier alpha value is -2.20. The van der Waals surface area contributed by atoms with Crippen LogP contribution in [0.2, 0.25) is 5.02 Å². The van der Waals surface area contributed by atoms with E-state index in [0.717, 1.165) is 31.6 Å². The molecule has 1 atom stereocenters. The van der Waals surface area contributed by atoms with Gasteiger partial charge in [-0.05, 0) is 61.3 Å². The molecule has 7 heteroatoms. The number of nitrogens with two attached hydrogens (primary N) is 1. The molecule has 2 N–H and O–H groups in total. The molecule has 2 heterocycles. The van der Waals surface area contributed by atoms with Crippen molar-refractivity contribution in [3.63, 3.8) is 0 Å². The van der Waals surface area contributed by atoms with E-state index in [-0.39, 0.29) is 11.2 Å². The Morgan fingerprint density at radius 3 is 2.62 bits per heavy atom. The van der Waals surface area contributed by atoms with Gasteiger partial charge in [-0.25, -0.2) is 0 Å². The number of rotatable bonds is 3. The summed E-state index contributed by atoms with van der Waals surface area (Å²) in [5, 5.41) is 10.9. The smallest absolute Gasteiger partial charge is 0.162 e. The maximum absolute atomic E-state index is 13.6. The Labute approximate surface area is 202 Å². The fourth-order valence-electron chi connectivity index (χ4n) is 4.71. The number of Topliss-reactive ketones (excluding diaryl/α,β-unsaturated/α-hetero) is 1. The van der Waals surface area contributed by atoms with E-state index in [4.69, 9.17) is 17.3 Å². The van der Waals surface area contributed by atoms with E-state index in [1.165, 1.54) is 0 Å². The van der Waals surface area contributed by atoms with E-state index in [0.29, 0.717) is 34.8 Å². The normalized spacial score (nSPS) is 20.5. The largest absolute Gasteiger partial charge is 0.384 e. The molecule has 4 rings (SSSR count). The lowest BCUT2D eigenvalue weighted by Crippen LogP contribution is -2.42. The quantitative estimate of drug-likeness (QED) is 0.493. The molecule has 0 bridgehead atoms. The Morgan fingerprint density at radius 2 is 2.00 bits per heavy atom. The van der Waals surface area contributed by atoms with Crippen LogP contribution < -0.4 is 10.6 Å². The van der Waals surface area contributed by atoms with Crippen molar-refractivity contribution < 1.29 is 4.79 Å². The number of allylic oxidation sites excluding steroid dienone is 3. The molecule has 32 heavy (non-hydrogen) atoms. The lowest BCUT2D eigenvalue weighted by molar-refractivity contribution is -0.118. The van der Waals surface area contributed by atoms with Crippen molar-refractivity contribution in [3.8, 4) is 6.07 Å². The summed E-state index contributed by atoms with van der Waals surface area (Å²) in [6, 6.07) is 10.2. The summed E-state index contributed by atoms with van der Waals surface area (Å²) < 4.78 is 1.12. The number of ketones is 1. The number of thioether (sulfide) groups is 1. The number of benzene rings is 1. The van der Waals surface area contributed by atoms with Crippen molar-refractivity contribution in [2.24, 2.45) is 11.1 Å². The first-order valence-electron chi connectivity index (χ1n) is 10.4. The highest BCUT2D eigenvalue weighted by atomic mass is 35.5. The van der Waals surface area contributed by atoms with Crippen molar-refractivity contribution in [1.29, 1.82) is 5.26 Å². The zero-order valence-electron chi connectivity index (χ0n) is 18.9. The van der Waals surface area contributed by atoms with E-state index < -0.39 is 5.92 Å². The molecule has 0 saturated carbocycles. The number of thiophene rings is 1. The second kappa shape index (κ2) is 8.30. The minimum Gasteiger partial charge on any atom is -0.384 e. The molecule has 1 aromatic heterocycles. The average Bonchev–Trinajstić information content (AvgIpc) is 3.09. The summed E-state index contributed by atoms with van der Waals surface area (Å²) in [6.45, 7) is 8.20. The van der Waals surface area contributed by atoms with Gasteiger partial charge < -0.3 is 5.73 Å². The van der Waals surface area contributed by atoms with Crippen molar-refractivity contribution in [2.45, 2.75) is 50.7 Å². The highest BCUT2D eigenvalue weighted by Crippen LogP contribution is 2.52. The van der Waals surface area contributed by atoms with Gasteiger partial charge in [-0.15, -0.1) is 23.1 Å². The highest BCUT2D eigenvalue weighted by Gasteiger charge is 2.45. The molecule has 2 aromatic rings. The number of nitrogens with zero attached hydrogens (tertiary/aromatic N) is 2. The summed E-state index contributed by atoms with van der Waals surface area (Å²) in [4.78, 5) is 16.6. The van der Waals surface area contributed by atoms with Crippen LogP contribution in [0, 0.1) is 30.6 Å². The van der Waals surface area contributed by atoms with E-state index >= 15 is 0 Å². The number of hydrogen-bond donors (Lipinski definition) is 1. The number of carbonyl (C=O) groups excluding carboxylic acids is 1. The van der Waals surface area contributed by atoms with Gasteiger partial charge in [0.1, 0.15) is 5.82 Å². The zero-order valence-corrected chi connectivity index (χ0v) is 21.3. The summed E-state index contributed by atoms with van der Waals surface area (Å²) >= 11 is 9.78. The van der Waals surface area contributed by atoms with Gasteiger partial charge in [0.05, 0.1) is 21.8 Å². The van der Waals surface area contributed by atoms with Gasteiger partial charge in [-0.3, -0.25) is 9.69 Å². The Bertz CT molecular complexity index is 1230. The van der Waals surface area contributed by atoms with Crippen molar-refractivity contribution in [3.05, 3.63) is 68.0 Å². The number of halogens is 1. The lowest BCUT2D eigenvalue weighted by atomic mass is 9.69. The summed E-state index contributed by atoms with van der Waals surface area (Å²) in [5.41, 5.74) is 11.2. The van der Waals surface area contributed by atoms with E-state index in [1.807, 2.05) is 36.3 Å². The van der Waals surface area contributed by atoms with Crippen LogP contribution in [0.4, 0.5) is 5.69 Å². The molecule has 0 amide bonds. The molecule has 0 fully saturated rings. The van der Waals surface area contributed by atoms with Gasteiger partial charge in [-0.2, -0.15) is 5.26 Å². The molecule has 1 aromatic carbocycles. The fourth-order valence-corrected chi connectivity index (χ4v) is 6.80. The molecule has 0 unspecified atom stereocenters. The van der Waals surface area contributed by atoms with Gasteiger partial charge in [-0.1, -0.05) is 31.5 Å². The van der Waals surface area contributed by atoms with Crippen LogP contribution >= 0.6 is 34.7 Å². The van der Waals surface area contributed by atoms with Gasteiger partial charge in [0.25, 0.3) is 0 Å². The van der Waals surface area contributed by atoms with Gasteiger partial charge >= 0.3 is 0 Å². The Morgan fingerprint density at radius 1 is 1.28 bits per heavy atom. The SMILES string of the molecule is CSc1sc(C)cc1[C@H]1C(C#N)=C(N)N(c2ccc(C)c(Cl)c2)C2=C1C(=O)CC(C)(C)C2. The molecule has 1 aliphatic carbocycles. The maximum Gasteiger partial charge on any atom is 0.162 e. The first kappa shape index (κ1) is 23.0. The van der Waals surface area contributed by atoms with E-state index in [2.05, 4.69) is 32.9 Å². The zero-order chi connectivity index (χ0) is 23.4. The maximum atomic E-state index is 13.6. The van der Waals surface area contributed by atoms with Crippen LogP contribution in [0.25, 0.3) is 0 Å². The monoisotopic (exact) mass is 483 g/mol. The predicted octanol–water partition coefficient (Wildman–Crippen LogP) is 6.68. The minimum atomic E-state index is -0.442. The van der Waals surface area contributed by atoms with Crippen LogP contribution in [-0.2, 0) is 4.79 Å². The molecule has 0 radical (unpaired) electrons. The second-order valence-electron chi connectivity index (χ2n) is 9.22. The van der Waals surface area contributed by atoms with Crippen molar-refractivity contribution >= 4 is 46.2 Å². The molecule has 0 spiro atoms. The molecule has 1 aliphatic heterocycles. The summed E-state index contributed by atoms with van der Waals surface area (Å²) in [5.74, 6) is 0.0151. The van der Waals surface area contributed by atoms with Gasteiger partial charge in [0.15, 0.2) is 5.78 Å². The van der Waals surface area contributed by atoms with Gasteiger partial charge in [0, 0.05) is 33.3 Å². The summed E-state index contributed by atoms with van der Waals surface area (Å²) in [6.07, 6.45) is 3.16. The number of aryl methyl sites for hydroxylation is 2. The standard InChI is InChI=1S/C25H26ClN3OS2/c1-13-6-7-15(9-18(13)26)29-19-10-25(3,4)11-20(30)22(19)21(17(12-27)23(29)28)16-8-14(2)32-24(16)31-5/h6-9,21H,10-11,28H2,1-5H3/t21-/m0/s1.